The van der Waals surface area contributed by atoms with E-state index >= 15 is 0 Å². The lowest BCUT2D eigenvalue weighted by atomic mass is 9.77. The Bertz CT molecular complexity index is 377. The van der Waals surface area contributed by atoms with Gasteiger partial charge in [0.1, 0.15) is 0 Å². The third-order valence-electron chi connectivity index (χ3n) is 4.63. The highest BCUT2D eigenvalue weighted by molar-refractivity contribution is 5.20. The molecule has 0 radical (unpaired) electrons. The van der Waals surface area contributed by atoms with Crippen molar-refractivity contribution in [2.45, 2.75) is 58.2 Å². The molecule has 2 rings (SSSR count). The summed E-state index contributed by atoms with van der Waals surface area (Å²) in [5.74, 6) is 0.877. The van der Waals surface area contributed by atoms with Gasteiger partial charge in [0.25, 0.3) is 0 Å². The summed E-state index contributed by atoms with van der Waals surface area (Å²) in [6, 6.07) is 8.58. The minimum absolute atomic E-state index is 0.0729. The van der Waals surface area contributed by atoms with Gasteiger partial charge in [-0.1, -0.05) is 43.2 Å². The van der Waals surface area contributed by atoms with Crippen LogP contribution in [0.4, 0.5) is 0 Å². The van der Waals surface area contributed by atoms with Crippen LogP contribution in [0, 0.1) is 12.8 Å². The summed E-state index contributed by atoms with van der Waals surface area (Å²) in [4.78, 5) is 0. The molecule has 1 fully saturated rings. The van der Waals surface area contributed by atoms with Gasteiger partial charge >= 0.3 is 0 Å². The van der Waals surface area contributed by atoms with E-state index in [-0.39, 0.29) is 5.60 Å². The molecule has 1 aliphatic carbocycles. The predicted octanol–water partition coefficient (Wildman–Crippen LogP) is 3.81. The average molecular weight is 261 g/mol. The molecule has 2 heteroatoms. The van der Waals surface area contributed by atoms with Gasteiger partial charge in [0.15, 0.2) is 0 Å². The van der Waals surface area contributed by atoms with Gasteiger partial charge in [-0.25, -0.2) is 0 Å². The standard InChI is InChI=1S/C17H27NO/c1-3-15-8-10-17(13-18,11-9-15)19-12-16-6-4-14(2)5-7-16/h4-7,15H,3,8-13,18H2,1-2H3. The molecule has 19 heavy (non-hydrogen) atoms. The van der Waals surface area contributed by atoms with Crippen molar-refractivity contribution < 1.29 is 4.74 Å². The van der Waals surface area contributed by atoms with E-state index in [1.165, 1.54) is 30.4 Å². The topological polar surface area (TPSA) is 35.2 Å². The average Bonchev–Trinajstić information content (AvgIpc) is 2.47. The second-order valence-electron chi connectivity index (χ2n) is 6.01. The van der Waals surface area contributed by atoms with Crippen molar-refractivity contribution in [3.63, 3.8) is 0 Å². The molecule has 1 aromatic rings. The van der Waals surface area contributed by atoms with Crippen molar-refractivity contribution >= 4 is 0 Å². The molecule has 0 amide bonds. The van der Waals surface area contributed by atoms with Gasteiger partial charge in [-0.05, 0) is 44.1 Å². The van der Waals surface area contributed by atoms with Crippen molar-refractivity contribution in [1.29, 1.82) is 0 Å². The molecule has 0 heterocycles. The number of rotatable bonds is 5. The Hall–Kier alpha value is -0.860. The van der Waals surface area contributed by atoms with Crippen LogP contribution in [0.5, 0.6) is 0 Å². The van der Waals surface area contributed by atoms with E-state index in [0.29, 0.717) is 13.2 Å². The van der Waals surface area contributed by atoms with Crippen molar-refractivity contribution in [3.05, 3.63) is 35.4 Å². The second kappa shape index (κ2) is 6.53. The van der Waals surface area contributed by atoms with Gasteiger partial charge < -0.3 is 10.5 Å². The minimum Gasteiger partial charge on any atom is -0.369 e. The van der Waals surface area contributed by atoms with Crippen LogP contribution in [-0.2, 0) is 11.3 Å². The van der Waals surface area contributed by atoms with Crippen molar-refractivity contribution in [2.75, 3.05) is 6.54 Å². The zero-order valence-corrected chi connectivity index (χ0v) is 12.3. The Labute approximate surface area is 117 Å². The van der Waals surface area contributed by atoms with E-state index in [4.69, 9.17) is 10.5 Å². The first-order chi connectivity index (χ1) is 9.17. The van der Waals surface area contributed by atoms with Gasteiger partial charge in [-0.2, -0.15) is 0 Å². The highest BCUT2D eigenvalue weighted by Gasteiger charge is 2.34. The maximum Gasteiger partial charge on any atom is 0.0808 e. The highest BCUT2D eigenvalue weighted by Crippen LogP contribution is 2.36. The van der Waals surface area contributed by atoms with Crippen LogP contribution in [0.1, 0.15) is 50.2 Å². The summed E-state index contributed by atoms with van der Waals surface area (Å²) >= 11 is 0. The van der Waals surface area contributed by atoms with E-state index in [9.17, 15) is 0 Å². The normalized spacial score (nSPS) is 27.4. The summed E-state index contributed by atoms with van der Waals surface area (Å²) in [6.07, 6.45) is 6.06. The maximum atomic E-state index is 6.21. The number of aryl methyl sites for hydroxylation is 1. The molecule has 1 aromatic carbocycles. The minimum atomic E-state index is -0.0729. The number of hydrogen-bond acceptors (Lipinski definition) is 2. The lowest BCUT2D eigenvalue weighted by Gasteiger charge is -2.39. The first-order valence-electron chi connectivity index (χ1n) is 7.57. The fourth-order valence-electron chi connectivity index (χ4n) is 2.94. The van der Waals surface area contributed by atoms with E-state index in [1.807, 2.05) is 0 Å². The summed E-state index contributed by atoms with van der Waals surface area (Å²) in [7, 11) is 0. The zero-order valence-electron chi connectivity index (χ0n) is 12.3. The number of hydrogen-bond donors (Lipinski definition) is 1. The van der Waals surface area contributed by atoms with Gasteiger partial charge in [0.05, 0.1) is 12.2 Å². The third kappa shape index (κ3) is 3.80. The Kier molecular flexibility index (Phi) is 5.00. The quantitative estimate of drug-likeness (QED) is 0.874. The van der Waals surface area contributed by atoms with Crippen LogP contribution in [0.2, 0.25) is 0 Å². The number of ether oxygens (including phenoxy) is 1. The molecule has 0 bridgehead atoms. The largest absolute Gasteiger partial charge is 0.369 e. The molecule has 106 valence electrons. The van der Waals surface area contributed by atoms with Crippen molar-refractivity contribution in [2.24, 2.45) is 11.7 Å². The zero-order chi connectivity index (χ0) is 13.7. The molecule has 0 atom stereocenters. The second-order valence-corrected chi connectivity index (χ2v) is 6.01. The molecule has 2 N–H and O–H groups in total. The molecule has 2 nitrogen and oxygen atoms in total. The number of benzene rings is 1. The molecule has 0 aliphatic heterocycles. The molecule has 1 aliphatic rings. The van der Waals surface area contributed by atoms with Gasteiger partial charge in [0, 0.05) is 6.54 Å². The molecule has 0 aromatic heterocycles. The highest BCUT2D eigenvalue weighted by atomic mass is 16.5. The molecule has 0 saturated heterocycles. The first-order valence-corrected chi connectivity index (χ1v) is 7.57. The summed E-state index contributed by atoms with van der Waals surface area (Å²) in [5.41, 5.74) is 8.45. The molecule has 0 unspecified atom stereocenters. The van der Waals surface area contributed by atoms with Crippen LogP contribution < -0.4 is 5.73 Å². The fourth-order valence-corrected chi connectivity index (χ4v) is 2.94. The van der Waals surface area contributed by atoms with E-state index in [1.54, 1.807) is 0 Å². The number of nitrogens with two attached hydrogens (primary N) is 1. The summed E-state index contributed by atoms with van der Waals surface area (Å²) < 4.78 is 6.21. The van der Waals surface area contributed by atoms with Gasteiger partial charge in [-0.15, -0.1) is 0 Å². The Morgan fingerprint density at radius 2 is 1.84 bits per heavy atom. The van der Waals surface area contributed by atoms with E-state index in [0.717, 1.165) is 18.8 Å². The maximum absolute atomic E-state index is 6.21. The smallest absolute Gasteiger partial charge is 0.0808 e. The Morgan fingerprint density at radius 1 is 1.21 bits per heavy atom. The van der Waals surface area contributed by atoms with Crippen LogP contribution >= 0.6 is 0 Å². The van der Waals surface area contributed by atoms with Crippen molar-refractivity contribution in [1.82, 2.24) is 0 Å². The van der Waals surface area contributed by atoms with Crippen LogP contribution in [0.25, 0.3) is 0 Å². The monoisotopic (exact) mass is 261 g/mol. The predicted molar refractivity (Wildman–Crippen MR) is 80.0 cm³/mol. The summed E-state index contributed by atoms with van der Waals surface area (Å²) in [5, 5.41) is 0. The van der Waals surface area contributed by atoms with E-state index < -0.39 is 0 Å². The lowest BCUT2D eigenvalue weighted by molar-refractivity contribution is -0.0813. The third-order valence-corrected chi connectivity index (χ3v) is 4.63. The van der Waals surface area contributed by atoms with Crippen LogP contribution in [0.15, 0.2) is 24.3 Å². The molecular weight excluding hydrogens is 234 g/mol. The Morgan fingerprint density at radius 3 is 2.37 bits per heavy atom. The molecule has 0 spiro atoms. The summed E-state index contributed by atoms with van der Waals surface area (Å²) in [6.45, 7) is 5.73. The Balaban J connectivity index is 1.90. The van der Waals surface area contributed by atoms with Gasteiger partial charge in [-0.3, -0.25) is 0 Å². The molecule has 1 saturated carbocycles. The van der Waals surface area contributed by atoms with E-state index in [2.05, 4.69) is 38.1 Å². The molecular formula is C17H27NO. The fraction of sp³-hybridized carbons (Fsp3) is 0.647. The first kappa shape index (κ1) is 14.5. The van der Waals surface area contributed by atoms with Crippen LogP contribution in [0.3, 0.4) is 0 Å². The lowest BCUT2D eigenvalue weighted by Crippen LogP contribution is -2.43. The van der Waals surface area contributed by atoms with Gasteiger partial charge in [0.2, 0.25) is 0 Å². The van der Waals surface area contributed by atoms with Crippen LogP contribution in [-0.4, -0.2) is 12.1 Å². The SMILES string of the molecule is CCC1CCC(CN)(OCc2ccc(C)cc2)CC1. The van der Waals surface area contributed by atoms with Crippen molar-refractivity contribution in [3.8, 4) is 0 Å².